The number of phosphoric acid groups is 2. The van der Waals surface area contributed by atoms with E-state index in [9.17, 15) is 43.2 Å². The van der Waals surface area contributed by atoms with E-state index in [1.54, 1.807) is 0 Å². The summed E-state index contributed by atoms with van der Waals surface area (Å²) < 4.78 is 68.1. The Hall–Kier alpha value is -1.94. The van der Waals surface area contributed by atoms with Gasteiger partial charge in [0, 0.05) is 25.7 Å². The van der Waals surface area contributed by atoms with E-state index < -0.39 is 97.5 Å². The number of phosphoric ester groups is 2. The fraction of sp³-hybridized carbons (Fsp3) is 0.941. The third-order valence-corrected chi connectivity index (χ3v) is 17.6. The Kier molecular flexibility index (Phi) is 59.0. The Morgan fingerprint density at radius 1 is 0.310 bits per heavy atom. The van der Waals surface area contributed by atoms with Crippen molar-refractivity contribution in [3.8, 4) is 0 Å². The van der Waals surface area contributed by atoms with E-state index in [2.05, 4.69) is 41.5 Å². The summed E-state index contributed by atoms with van der Waals surface area (Å²) in [5.41, 5.74) is 0. The average molecular weight is 1280 g/mol. The standard InChI is InChI=1S/C68H132O17P2/c1-7-9-11-13-15-25-34-40-46-52-67(72)84-63(56-78-65(70)50-44-38-32-16-14-12-10-8-2)58-82-86(74,75)80-54-62(69)55-81-87(76,77)83-59-64(57-79-66(71)51-45-39-33-28-24-20-22-27-31-37-43-49-61(5)6)85-68(73)53-47-41-35-29-23-19-17-18-21-26-30-36-42-48-60(3)4/h60-64,69H,7-59H2,1-6H3,(H,74,75)(H,76,77)/t62-,63+,64+/m0/s1. The van der Waals surface area contributed by atoms with E-state index in [1.165, 1.54) is 154 Å². The largest absolute Gasteiger partial charge is 0.472 e. The topological polar surface area (TPSA) is 237 Å². The molecular weight excluding hydrogens is 1150 g/mol. The van der Waals surface area contributed by atoms with E-state index in [0.29, 0.717) is 25.7 Å². The summed E-state index contributed by atoms with van der Waals surface area (Å²) in [7, 11) is -9.89. The van der Waals surface area contributed by atoms with Crippen LogP contribution in [0.15, 0.2) is 0 Å². The Bertz CT molecular complexity index is 1700. The lowest BCUT2D eigenvalue weighted by Crippen LogP contribution is -2.30. The number of unbranched alkanes of at least 4 members (excludes halogenated alkanes) is 37. The molecule has 0 heterocycles. The van der Waals surface area contributed by atoms with Gasteiger partial charge in [-0.2, -0.15) is 0 Å². The number of ether oxygens (including phenoxy) is 4. The number of carbonyl (C=O) groups excluding carboxylic acids is 4. The summed E-state index contributed by atoms with van der Waals surface area (Å²) in [6.45, 7) is 9.51. The van der Waals surface area contributed by atoms with Crippen LogP contribution in [0.4, 0.5) is 0 Å². The van der Waals surface area contributed by atoms with Crippen molar-refractivity contribution in [1.82, 2.24) is 0 Å². The molecule has 0 radical (unpaired) electrons. The van der Waals surface area contributed by atoms with Crippen LogP contribution in [-0.2, 0) is 65.4 Å². The maximum absolute atomic E-state index is 13.0. The molecule has 0 fully saturated rings. The highest BCUT2D eigenvalue weighted by Crippen LogP contribution is 2.45. The van der Waals surface area contributed by atoms with Crippen LogP contribution in [0.1, 0.15) is 343 Å². The number of hydrogen-bond donors (Lipinski definition) is 3. The van der Waals surface area contributed by atoms with Gasteiger partial charge in [0.05, 0.1) is 26.4 Å². The first-order valence-corrected chi connectivity index (χ1v) is 38.5. The van der Waals surface area contributed by atoms with E-state index in [-0.39, 0.29) is 25.7 Å². The predicted molar refractivity (Wildman–Crippen MR) is 349 cm³/mol. The number of rotatable bonds is 67. The fourth-order valence-electron chi connectivity index (χ4n) is 10.2. The molecule has 0 saturated heterocycles. The number of hydrogen-bond acceptors (Lipinski definition) is 15. The van der Waals surface area contributed by atoms with Gasteiger partial charge in [0.25, 0.3) is 0 Å². The molecule has 0 aliphatic rings. The third kappa shape index (κ3) is 62.6. The van der Waals surface area contributed by atoms with E-state index >= 15 is 0 Å². The molecule has 0 spiro atoms. The Morgan fingerprint density at radius 3 is 0.782 bits per heavy atom. The first-order chi connectivity index (χ1) is 41.9. The van der Waals surface area contributed by atoms with Crippen molar-refractivity contribution < 1.29 is 80.2 Å². The highest BCUT2D eigenvalue weighted by molar-refractivity contribution is 7.47. The zero-order chi connectivity index (χ0) is 64.3. The predicted octanol–water partition coefficient (Wildman–Crippen LogP) is 19.2. The van der Waals surface area contributed by atoms with Crippen molar-refractivity contribution in [2.75, 3.05) is 39.6 Å². The minimum atomic E-state index is -4.95. The van der Waals surface area contributed by atoms with Crippen LogP contribution in [-0.4, -0.2) is 96.7 Å². The monoisotopic (exact) mass is 1280 g/mol. The van der Waals surface area contributed by atoms with Gasteiger partial charge in [0.1, 0.15) is 19.3 Å². The normalized spacial score (nSPS) is 14.2. The molecule has 0 aromatic heterocycles. The molecular formula is C68H132O17P2. The van der Waals surface area contributed by atoms with Crippen LogP contribution in [0.5, 0.6) is 0 Å². The quantitative estimate of drug-likeness (QED) is 0.0222. The first-order valence-electron chi connectivity index (χ1n) is 35.5. The lowest BCUT2D eigenvalue weighted by molar-refractivity contribution is -0.161. The zero-order valence-electron chi connectivity index (χ0n) is 56.3. The smallest absolute Gasteiger partial charge is 0.462 e. The fourth-order valence-corrected chi connectivity index (χ4v) is 11.8. The van der Waals surface area contributed by atoms with Crippen molar-refractivity contribution in [3.05, 3.63) is 0 Å². The lowest BCUT2D eigenvalue weighted by atomic mass is 10.0. The maximum Gasteiger partial charge on any atom is 0.472 e. The summed E-state index contributed by atoms with van der Waals surface area (Å²) in [4.78, 5) is 72.3. The van der Waals surface area contributed by atoms with Gasteiger partial charge in [-0.1, -0.05) is 292 Å². The van der Waals surface area contributed by atoms with Gasteiger partial charge in [0.2, 0.25) is 0 Å². The molecule has 17 nitrogen and oxygen atoms in total. The van der Waals surface area contributed by atoms with Gasteiger partial charge in [-0.05, 0) is 37.5 Å². The van der Waals surface area contributed by atoms with Crippen molar-refractivity contribution in [1.29, 1.82) is 0 Å². The molecule has 0 aromatic rings. The van der Waals surface area contributed by atoms with Crippen LogP contribution >= 0.6 is 15.6 Å². The molecule has 3 N–H and O–H groups in total. The number of carbonyl (C=O) groups is 4. The van der Waals surface area contributed by atoms with Crippen LogP contribution < -0.4 is 0 Å². The number of aliphatic hydroxyl groups excluding tert-OH is 1. The summed E-state index contributed by atoms with van der Waals surface area (Å²) in [6, 6.07) is 0. The number of aliphatic hydroxyl groups is 1. The van der Waals surface area contributed by atoms with E-state index in [4.69, 9.17) is 37.0 Å². The Morgan fingerprint density at radius 2 is 0.529 bits per heavy atom. The first kappa shape index (κ1) is 85.1. The van der Waals surface area contributed by atoms with Gasteiger partial charge in [-0.3, -0.25) is 37.3 Å². The molecule has 0 aliphatic heterocycles. The highest BCUT2D eigenvalue weighted by Gasteiger charge is 2.30. The SMILES string of the molecule is CCCCCCCCCCCC(=O)O[C@H](COC(=O)CCCCCCCCCC)COP(=O)(O)OC[C@H](O)COP(=O)(O)OC[C@@H](COC(=O)CCCCCCCCCCCCCC(C)C)OC(=O)CCCCCCCCCCCCCCCC(C)C. The van der Waals surface area contributed by atoms with Gasteiger partial charge < -0.3 is 33.8 Å². The third-order valence-electron chi connectivity index (χ3n) is 15.7. The molecule has 0 saturated carbocycles. The van der Waals surface area contributed by atoms with Crippen LogP contribution in [0.2, 0.25) is 0 Å². The second kappa shape index (κ2) is 60.3. The summed E-state index contributed by atoms with van der Waals surface area (Å²) in [5.74, 6) is -0.572. The summed E-state index contributed by atoms with van der Waals surface area (Å²) in [6.07, 6.45) is 44.4. The molecule has 516 valence electrons. The lowest BCUT2D eigenvalue weighted by Gasteiger charge is -2.21. The molecule has 0 aromatic carbocycles. The van der Waals surface area contributed by atoms with Crippen LogP contribution in [0, 0.1) is 11.8 Å². The summed E-state index contributed by atoms with van der Waals surface area (Å²) in [5, 5.41) is 10.6. The van der Waals surface area contributed by atoms with Crippen molar-refractivity contribution >= 4 is 39.5 Å². The van der Waals surface area contributed by atoms with E-state index in [0.717, 1.165) is 108 Å². The average Bonchev–Trinajstić information content (AvgIpc) is 3.58. The van der Waals surface area contributed by atoms with Crippen molar-refractivity contribution in [2.24, 2.45) is 11.8 Å². The zero-order valence-corrected chi connectivity index (χ0v) is 58.1. The maximum atomic E-state index is 13.0. The highest BCUT2D eigenvalue weighted by atomic mass is 31.2. The Balaban J connectivity index is 5.21. The van der Waals surface area contributed by atoms with Crippen molar-refractivity contribution in [2.45, 2.75) is 362 Å². The van der Waals surface area contributed by atoms with Gasteiger partial charge in [-0.15, -0.1) is 0 Å². The van der Waals surface area contributed by atoms with Crippen molar-refractivity contribution in [3.63, 3.8) is 0 Å². The minimum absolute atomic E-state index is 0.105. The van der Waals surface area contributed by atoms with Crippen LogP contribution in [0.25, 0.3) is 0 Å². The van der Waals surface area contributed by atoms with E-state index in [1.807, 2.05) is 0 Å². The molecule has 19 heteroatoms. The Labute approximate surface area is 530 Å². The molecule has 0 bridgehead atoms. The molecule has 0 aliphatic carbocycles. The second-order valence-electron chi connectivity index (χ2n) is 25.5. The molecule has 2 unspecified atom stereocenters. The van der Waals surface area contributed by atoms with Gasteiger partial charge in [0.15, 0.2) is 12.2 Å². The summed E-state index contributed by atoms with van der Waals surface area (Å²) >= 11 is 0. The minimum Gasteiger partial charge on any atom is -0.462 e. The molecule has 0 rings (SSSR count). The van der Waals surface area contributed by atoms with Gasteiger partial charge in [-0.25, -0.2) is 9.13 Å². The van der Waals surface area contributed by atoms with Gasteiger partial charge >= 0.3 is 39.5 Å². The molecule has 87 heavy (non-hydrogen) atoms. The second-order valence-corrected chi connectivity index (χ2v) is 28.4. The van der Waals surface area contributed by atoms with Crippen LogP contribution in [0.3, 0.4) is 0 Å². The molecule has 5 atom stereocenters. The number of esters is 4. The molecule has 0 amide bonds.